The molecule has 0 unspecified atom stereocenters. The van der Waals surface area contributed by atoms with E-state index in [4.69, 9.17) is 14.2 Å². The van der Waals surface area contributed by atoms with Crippen molar-refractivity contribution in [1.29, 1.82) is 0 Å². The van der Waals surface area contributed by atoms with Crippen LogP contribution in [0.25, 0.3) is 0 Å². The lowest BCUT2D eigenvalue weighted by Gasteiger charge is -2.32. The van der Waals surface area contributed by atoms with E-state index in [2.05, 4.69) is 6.92 Å². The van der Waals surface area contributed by atoms with Crippen LogP contribution in [0.3, 0.4) is 0 Å². The molecule has 0 aromatic rings. The third-order valence-corrected chi connectivity index (χ3v) is 6.11. The Hall–Kier alpha value is -1.20. The molecule has 0 aliphatic heterocycles. The van der Waals surface area contributed by atoms with Crippen LogP contribution in [0.4, 0.5) is 0 Å². The van der Waals surface area contributed by atoms with Gasteiger partial charge in [-0.05, 0) is 18.6 Å². The molecule has 0 amide bonds. The van der Waals surface area contributed by atoms with E-state index in [0.29, 0.717) is 6.42 Å². The van der Waals surface area contributed by atoms with Crippen LogP contribution in [0.15, 0.2) is 12.2 Å². The number of rotatable bonds is 19. The lowest BCUT2D eigenvalue weighted by molar-refractivity contribution is -0.170. The average molecular weight is 425 g/mol. The zero-order valence-electron chi connectivity index (χ0n) is 19.6. The predicted molar refractivity (Wildman–Crippen MR) is 120 cm³/mol. The minimum atomic E-state index is -0.933. The molecule has 0 aromatic heterocycles. The molecule has 1 aliphatic carbocycles. The highest BCUT2D eigenvalue weighted by Gasteiger charge is 2.50. The average Bonchev–Trinajstić information content (AvgIpc) is 3.08. The maximum atomic E-state index is 12.2. The summed E-state index contributed by atoms with van der Waals surface area (Å²) >= 11 is 0. The number of carbonyl (C=O) groups is 2. The molecule has 0 aromatic carbocycles. The number of esters is 1. The van der Waals surface area contributed by atoms with Crippen molar-refractivity contribution in [3.05, 3.63) is 12.2 Å². The van der Waals surface area contributed by atoms with Gasteiger partial charge in [-0.15, -0.1) is 0 Å². The first-order chi connectivity index (χ1) is 14.6. The zero-order chi connectivity index (χ0) is 22.1. The molecule has 0 heterocycles. The topological polar surface area (TPSA) is 61.8 Å². The molecule has 0 fully saturated rings. The molecule has 174 valence electrons. The summed E-state index contributed by atoms with van der Waals surface area (Å²) in [4.78, 5) is 24.3. The van der Waals surface area contributed by atoms with Gasteiger partial charge in [0.25, 0.3) is 0 Å². The summed E-state index contributed by atoms with van der Waals surface area (Å²) in [6.07, 6.45) is 21.9. The fourth-order valence-electron chi connectivity index (χ4n) is 4.29. The van der Waals surface area contributed by atoms with Crippen LogP contribution in [0.5, 0.6) is 0 Å². The highest BCUT2D eigenvalue weighted by atomic mass is 16.7. The van der Waals surface area contributed by atoms with Crippen molar-refractivity contribution in [3.8, 4) is 0 Å². The monoisotopic (exact) mass is 424 g/mol. The van der Waals surface area contributed by atoms with E-state index in [0.717, 1.165) is 12.8 Å². The Bertz CT molecular complexity index is 502. The van der Waals surface area contributed by atoms with Gasteiger partial charge in [-0.2, -0.15) is 0 Å². The Morgan fingerprint density at radius 2 is 1.37 bits per heavy atom. The van der Waals surface area contributed by atoms with Crippen LogP contribution in [-0.2, 0) is 23.8 Å². The summed E-state index contributed by atoms with van der Waals surface area (Å²) in [5, 5.41) is 0. The van der Waals surface area contributed by atoms with Gasteiger partial charge in [0.05, 0.1) is 7.11 Å². The van der Waals surface area contributed by atoms with Crippen LogP contribution in [0.2, 0.25) is 0 Å². The molecule has 0 spiro atoms. The van der Waals surface area contributed by atoms with E-state index < -0.39 is 17.5 Å². The van der Waals surface area contributed by atoms with Gasteiger partial charge in [0, 0.05) is 7.11 Å². The molecular formula is C25H44O5. The summed E-state index contributed by atoms with van der Waals surface area (Å²) < 4.78 is 15.7. The van der Waals surface area contributed by atoms with Crippen molar-refractivity contribution in [2.24, 2.45) is 5.92 Å². The zero-order valence-corrected chi connectivity index (χ0v) is 19.6. The molecule has 0 saturated heterocycles. The Morgan fingerprint density at radius 3 is 1.83 bits per heavy atom. The fraction of sp³-hybridized carbons (Fsp3) is 0.840. The number of ketones is 1. The van der Waals surface area contributed by atoms with Crippen molar-refractivity contribution in [1.82, 2.24) is 0 Å². The number of allylic oxidation sites excluding steroid dienone is 1. The molecule has 1 aliphatic rings. The molecule has 1 rings (SSSR count). The van der Waals surface area contributed by atoms with E-state index in [1.165, 1.54) is 97.3 Å². The van der Waals surface area contributed by atoms with E-state index in [1.54, 1.807) is 6.08 Å². The molecular weight excluding hydrogens is 380 g/mol. The molecule has 2 atom stereocenters. The summed E-state index contributed by atoms with van der Waals surface area (Å²) in [5.74, 6) is -1.70. The highest BCUT2D eigenvalue weighted by Crippen LogP contribution is 2.37. The third kappa shape index (κ3) is 9.74. The molecule has 0 radical (unpaired) electrons. The Labute approximate surface area is 183 Å². The maximum Gasteiger partial charge on any atom is 0.319 e. The second-order valence-corrected chi connectivity index (χ2v) is 8.54. The van der Waals surface area contributed by atoms with E-state index in [-0.39, 0.29) is 12.6 Å². The SMILES string of the molecule is CCCCCCCCCCCCCCCC[C@]1(OCOC)C=CC(=O)[C@H]1C(=O)OC. The minimum Gasteiger partial charge on any atom is -0.468 e. The van der Waals surface area contributed by atoms with E-state index in [1.807, 2.05) is 0 Å². The van der Waals surface area contributed by atoms with Gasteiger partial charge in [0.15, 0.2) is 11.7 Å². The standard InChI is InChI=1S/C25H44O5/c1-4-5-6-7-8-9-10-11-12-13-14-15-16-17-19-25(30-21-28-2)20-18-22(26)23(25)24(27)29-3/h18,20,23H,4-17,19,21H2,1-3H3/t23-,25-/m0/s1. The molecule has 0 N–H and O–H groups in total. The maximum absolute atomic E-state index is 12.2. The molecule has 5 nitrogen and oxygen atoms in total. The van der Waals surface area contributed by atoms with Crippen LogP contribution in [-0.4, -0.2) is 38.4 Å². The van der Waals surface area contributed by atoms with Gasteiger partial charge in [-0.3, -0.25) is 9.59 Å². The van der Waals surface area contributed by atoms with Gasteiger partial charge in [-0.25, -0.2) is 0 Å². The Morgan fingerprint density at radius 1 is 0.867 bits per heavy atom. The first-order valence-corrected chi connectivity index (χ1v) is 12.0. The molecule has 0 saturated carbocycles. The van der Waals surface area contributed by atoms with Gasteiger partial charge in [0.2, 0.25) is 0 Å². The van der Waals surface area contributed by atoms with Crippen LogP contribution in [0.1, 0.15) is 103 Å². The molecule has 0 bridgehead atoms. The van der Waals surface area contributed by atoms with Crippen LogP contribution < -0.4 is 0 Å². The van der Waals surface area contributed by atoms with Gasteiger partial charge in [0.1, 0.15) is 12.4 Å². The smallest absolute Gasteiger partial charge is 0.319 e. The highest BCUT2D eigenvalue weighted by molar-refractivity contribution is 6.08. The van der Waals surface area contributed by atoms with Crippen molar-refractivity contribution in [2.45, 2.75) is 109 Å². The van der Waals surface area contributed by atoms with Crippen LogP contribution >= 0.6 is 0 Å². The van der Waals surface area contributed by atoms with Crippen molar-refractivity contribution >= 4 is 11.8 Å². The summed E-state index contributed by atoms with van der Waals surface area (Å²) in [7, 11) is 2.84. The number of hydrogen-bond donors (Lipinski definition) is 0. The molecule has 5 heteroatoms. The van der Waals surface area contributed by atoms with Crippen molar-refractivity contribution in [2.75, 3.05) is 21.0 Å². The van der Waals surface area contributed by atoms with Gasteiger partial charge in [-0.1, -0.05) is 96.8 Å². The minimum absolute atomic E-state index is 0.0454. The van der Waals surface area contributed by atoms with Crippen LogP contribution in [0, 0.1) is 5.92 Å². The second kappa shape index (κ2) is 16.5. The second-order valence-electron chi connectivity index (χ2n) is 8.54. The lowest BCUT2D eigenvalue weighted by atomic mass is 9.84. The number of unbranched alkanes of at least 4 members (excludes halogenated alkanes) is 13. The predicted octanol–water partition coefficient (Wildman–Crippen LogP) is 6.15. The Kier molecular flexibility index (Phi) is 14.7. The van der Waals surface area contributed by atoms with E-state index in [9.17, 15) is 9.59 Å². The lowest BCUT2D eigenvalue weighted by Crippen LogP contribution is -2.44. The normalized spacial score (nSPS) is 20.8. The third-order valence-electron chi connectivity index (χ3n) is 6.11. The molecule has 30 heavy (non-hydrogen) atoms. The van der Waals surface area contributed by atoms with E-state index >= 15 is 0 Å². The van der Waals surface area contributed by atoms with Crippen molar-refractivity contribution < 1.29 is 23.8 Å². The Balaban J connectivity index is 2.17. The summed E-state index contributed by atoms with van der Waals surface area (Å²) in [5.41, 5.74) is -0.933. The van der Waals surface area contributed by atoms with Crippen molar-refractivity contribution in [3.63, 3.8) is 0 Å². The summed E-state index contributed by atoms with van der Waals surface area (Å²) in [6, 6.07) is 0. The van der Waals surface area contributed by atoms with Gasteiger partial charge >= 0.3 is 5.97 Å². The fourth-order valence-corrected chi connectivity index (χ4v) is 4.29. The quantitative estimate of drug-likeness (QED) is 0.108. The number of ether oxygens (including phenoxy) is 3. The number of hydrogen-bond acceptors (Lipinski definition) is 5. The number of carbonyl (C=O) groups excluding carboxylic acids is 2. The first-order valence-electron chi connectivity index (χ1n) is 12.0. The largest absolute Gasteiger partial charge is 0.468 e. The number of methoxy groups -OCH3 is 2. The summed E-state index contributed by atoms with van der Waals surface area (Å²) in [6.45, 7) is 2.31. The van der Waals surface area contributed by atoms with Gasteiger partial charge < -0.3 is 14.2 Å². The first kappa shape index (κ1) is 26.8.